The van der Waals surface area contributed by atoms with Crippen molar-refractivity contribution in [3.05, 3.63) is 58.6 Å². The molecule has 0 amide bonds. The quantitative estimate of drug-likeness (QED) is 0.826. The lowest BCUT2D eigenvalue weighted by Gasteiger charge is -2.13. The maximum absolute atomic E-state index is 10.8. The van der Waals surface area contributed by atoms with E-state index in [4.69, 9.17) is 21.4 Å². The lowest BCUT2D eigenvalue weighted by Crippen LogP contribution is -2.06. The second-order valence-electron chi connectivity index (χ2n) is 5.17. The third-order valence-corrected chi connectivity index (χ3v) is 3.28. The average Bonchev–Trinajstić information content (AvgIpc) is 2.47. The lowest BCUT2D eigenvalue weighted by atomic mass is 10.2. The SMILES string of the molecule is CC(C)Oc1ccc(CNc2ccc(C(=O)O)cc2)cc1Cl. The summed E-state index contributed by atoms with van der Waals surface area (Å²) in [6.07, 6.45) is 0.0780. The molecular weight excluding hydrogens is 302 g/mol. The molecule has 4 nitrogen and oxygen atoms in total. The Morgan fingerprint density at radius 3 is 2.45 bits per heavy atom. The van der Waals surface area contributed by atoms with Crippen molar-refractivity contribution < 1.29 is 14.6 Å². The number of benzene rings is 2. The van der Waals surface area contributed by atoms with Gasteiger partial charge in [0, 0.05) is 12.2 Å². The van der Waals surface area contributed by atoms with Gasteiger partial charge < -0.3 is 15.2 Å². The Labute approximate surface area is 134 Å². The number of hydrogen-bond acceptors (Lipinski definition) is 3. The molecule has 2 aromatic carbocycles. The van der Waals surface area contributed by atoms with Gasteiger partial charge in [-0.2, -0.15) is 0 Å². The number of ether oxygens (including phenoxy) is 1. The van der Waals surface area contributed by atoms with Gasteiger partial charge in [0.1, 0.15) is 5.75 Å². The summed E-state index contributed by atoms with van der Waals surface area (Å²) in [5.41, 5.74) is 2.14. The highest BCUT2D eigenvalue weighted by atomic mass is 35.5. The first-order valence-electron chi connectivity index (χ1n) is 6.98. The molecule has 0 radical (unpaired) electrons. The molecule has 2 N–H and O–H groups in total. The second-order valence-corrected chi connectivity index (χ2v) is 5.57. The van der Waals surface area contributed by atoms with E-state index in [1.807, 2.05) is 32.0 Å². The van der Waals surface area contributed by atoms with Crippen LogP contribution in [0.2, 0.25) is 5.02 Å². The minimum Gasteiger partial charge on any atom is -0.489 e. The normalized spacial score (nSPS) is 10.5. The number of anilines is 1. The minimum absolute atomic E-state index is 0.0780. The molecule has 0 aliphatic rings. The molecule has 116 valence electrons. The summed E-state index contributed by atoms with van der Waals surface area (Å²) >= 11 is 6.19. The lowest BCUT2D eigenvalue weighted by molar-refractivity contribution is 0.0697. The third kappa shape index (κ3) is 4.40. The van der Waals surface area contributed by atoms with Gasteiger partial charge in [0.25, 0.3) is 0 Å². The summed E-state index contributed by atoms with van der Waals surface area (Å²) in [5.74, 6) is -0.259. The van der Waals surface area contributed by atoms with Crippen molar-refractivity contribution in [1.82, 2.24) is 0 Å². The second kappa shape index (κ2) is 7.18. The Kier molecular flexibility index (Phi) is 5.28. The molecule has 0 spiro atoms. The van der Waals surface area contributed by atoms with Crippen molar-refractivity contribution >= 4 is 23.3 Å². The molecule has 0 atom stereocenters. The van der Waals surface area contributed by atoms with Gasteiger partial charge in [-0.05, 0) is 55.8 Å². The van der Waals surface area contributed by atoms with Gasteiger partial charge in [-0.25, -0.2) is 4.79 Å². The Bertz CT molecular complexity index is 653. The fourth-order valence-electron chi connectivity index (χ4n) is 1.94. The Hall–Kier alpha value is -2.20. The van der Waals surface area contributed by atoms with Crippen molar-refractivity contribution in [1.29, 1.82) is 0 Å². The number of carboxylic acid groups (broad SMARTS) is 1. The maximum atomic E-state index is 10.8. The number of hydrogen-bond donors (Lipinski definition) is 2. The summed E-state index contributed by atoms with van der Waals surface area (Å²) in [4.78, 5) is 10.8. The van der Waals surface area contributed by atoms with E-state index in [9.17, 15) is 4.79 Å². The molecule has 0 aromatic heterocycles. The van der Waals surface area contributed by atoms with Crippen LogP contribution in [0.3, 0.4) is 0 Å². The molecule has 0 aliphatic carbocycles. The molecule has 0 saturated carbocycles. The number of aromatic carboxylic acids is 1. The molecule has 0 saturated heterocycles. The fraction of sp³-hybridized carbons (Fsp3) is 0.235. The molecular formula is C17H18ClNO3. The zero-order valence-electron chi connectivity index (χ0n) is 12.5. The summed E-state index contributed by atoms with van der Waals surface area (Å²) < 4.78 is 5.59. The first-order valence-corrected chi connectivity index (χ1v) is 7.36. The van der Waals surface area contributed by atoms with Gasteiger partial charge in [-0.3, -0.25) is 0 Å². The van der Waals surface area contributed by atoms with Crippen LogP contribution in [0.25, 0.3) is 0 Å². The molecule has 0 bridgehead atoms. The molecule has 2 aromatic rings. The van der Waals surface area contributed by atoms with E-state index >= 15 is 0 Å². The van der Waals surface area contributed by atoms with Crippen LogP contribution >= 0.6 is 11.6 Å². The number of halogens is 1. The standard InChI is InChI=1S/C17H18ClNO3/c1-11(2)22-16-8-3-12(9-15(16)18)10-19-14-6-4-13(5-7-14)17(20)21/h3-9,11,19H,10H2,1-2H3,(H,20,21). The van der Waals surface area contributed by atoms with Crippen LogP contribution in [0.1, 0.15) is 29.8 Å². The van der Waals surface area contributed by atoms with Crippen molar-refractivity contribution in [2.75, 3.05) is 5.32 Å². The summed E-state index contributed by atoms with van der Waals surface area (Å²) in [5, 5.41) is 12.7. The number of rotatable bonds is 6. The predicted molar refractivity (Wildman–Crippen MR) is 87.9 cm³/mol. The number of carbonyl (C=O) groups is 1. The van der Waals surface area contributed by atoms with Crippen molar-refractivity contribution in [3.8, 4) is 5.75 Å². The summed E-state index contributed by atoms with van der Waals surface area (Å²) in [6, 6.07) is 12.3. The van der Waals surface area contributed by atoms with Gasteiger partial charge in [0.05, 0.1) is 16.7 Å². The number of nitrogens with one attached hydrogen (secondary N) is 1. The van der Waals surface area contributed by atoms with Gasteiger partial charge in [0.15, 0.2) is 0 Å². The highest BCUT2D eigenvalue weighted by Gasteiger charge is 2.06. The van der Waals surface area contributed by atoms with E-state index in [0.717, 1.165) is 11.3 Å². The van der Waals surface area contributed by atoms with E-state index in [1.54, 1.807) is 24.3 Å². The molecule has 5 heteroatoms. The molecule has 0 aliphatic heterocycles. The maximum Gasteiger partial charge on any atom is 0.335 e. The van der Waals surface area contributed by atoms with Crippen LogP contribution in [0.4, 0.5) is 5.69 Å². The highest BCUT2D eigenvalue weighted by Crippen LogP contribution is 2.26. The molecule has 0 heterocycles. The zero-order chi connectivity index (χ0) is 16.1. The Morgan fingerprint density at radius 2 is 1.91 bits per heavy atom. The largest absolute Gasteiger partial charge is 0.489 e. The molecule has 2 rings (SSSR count). The monoisotopic (exact) mass is 319 g/mol. The highest BCUT2D eigenvalue weighted by molar-refractivity contribution is 6.32. The van der Waals surface area contributed by atoms with Gasteiger partial charge >= 0.3 is 5.97 Å². The van der Waals surface area contributed by atoms with Crippen LogP contribution in [0, 0.1) is 0 Å². The van der Waals surface area contributed by atoms with Crippen LogP contribution in [0.5, 0.6) is 5.75 Å². The first-order chi connectivity index (χ1) is 10.5. The van der Waals surface area contributed by atoms with Gasteiger partial charge in [-0.15, -0.1) is 0 Å². The Morgan fingerprint density at radius 1 is 1.23 bits per heavy atom. The van der Waals surface area contributed by atoms with E-state index in [2.05, 4.69) is 5.32 Å². The van der Waals surface area contributed by atoms with E-state index in [0.29, 0.717) is 17.3 Å². The summed E-state index contributed by atoms with van der Waals surface area (Å²) in [7, 11) is 0. The number of carboxylic acids is 1. The van der Waals surface area contributed by atoms with Crippen molar-refractivity contribution in [3.63, 3.8) is 0 Å². The predicted octanol–water partition coefficient (Wildman–Crippen LogP) is 4.44. The average molecular weight is 320 g/mol. The van der Waals surface area contributed by atoms with E-state index in [1.165, 1.54) is 0 Å². The smallest absolute Gasteiger partial charge is 0.335 e. The van der Waals surface area contributed by atoms with Crippen molar-refractivity contribution in [2.45, 2.75) is 26.5 Å². The third-order valence-electron chi connectivity index (χ3n) is 2.99. The minimum atomic E-state index is -0.931. The Balaban J connectivity index is 1.99. The zero-order valence-corrected chi connectivity index (χ0v) is 13.2. The topological polar surface area (TPSA) is 58.6 Å². The van der Waals surface area contributed by atoms with Gasteiger partial charge in [0.2, 0.25) is 0 Å². The molecule has 22 heavy (non-hydrogen) atoms. The first kappa shape index (κ1) is 16.2. The van der Waals surface area contributed by atoms with Gasteiger partial charge in [-0.1, -0.05) is 17.7 Å². The molecule has 0 fully saturated rings. The fourth-order valence-corrected chi connectivity index (χ4v) is 2.19. The van der Waals surface area contributed by atoms with Crippen LogP contribution < -0.4 is 10.1 Å². The van der Waals surface area contributed by atoms with E-state index in [-0.39, 0.29) is 11.7 Å². The van der Waals surface area contributed by atoms with Crippen LogP contribution in [0.15, 0.2) is 42.5 Å². The van der Waals surface area contributed by atoms with Crippen LogP contribution in [-0.2, 0) is 6.54 Å². The summed E-state index contributed by atoms with van der Waals surface area (Å²) in [6.45, 7) is 4.49. The van der Waals surface area contributed by atoms with Crippen molar-refractivity contribution in [2.24, 2.45) is 0 Å². The molecule has 0 unspecified atom stereocenters. The van der Waals surface area contributed by atoms with Crippen LogP contribution in [-0.4, -0.2) is 17.2 Å². The van der Waals surface area contributed by atoms with E-state index < -0.39 is 5.97 Å².